The predicted octanol–water partition coefficient (Wildman–Crippen LogP) is 12.5. The van der Waals surface area contributed by atoms with Gasteiger partial charge in [-0.15, -0.1) is 0 Å². The topological polar surface area (TPSA) is 37.3 Å². The minimum atomic E-state index is -1.34. The van der Waals surface area contributed by atoms with Crippen molar-refractivity contribution in [3.63, 3.8) is 0 Å². The highest BCUT2D eigenvalue weighted by Gasteiger charge is 2.01. The fourth-order valence-corrected chi connectivity index (χ4v) is 6.87. The van der Waals surface area contributed by atoms with Gasteiger partial charge in [0.05, 0.1) is 0 Å². The smallest absolute Gasteiger partial charge is 0.303 e. The number of unbranched alkanes of at least 4 members (excludes halogenated alkanes) is 28. The lowest BCUT2D eigenvalue weighted by Gasteiger charge is -2.05. The molecule has 0 aromatic rings. The van der Waals surface area contributed by atoms with Gasteiger partial charge in [-0.2, -0.15) is 22.2 Å². The van der Waals surface area contributed by atoms with E-state index in [1.165, 1.54) is 173 Å². The van der Waals surface area contributed by atoms with Crippen molar-refractivity contribution < 1.29 is 9.90 Å². The molecule has 0 saturated carbocycles. The molecule has 0 spiro atoms. The largest absolute Gasteiger partial charge is 0.481 e. The first-order valence-electron chi connectivity index (χ1n) is 16.6. The molecule has 0 rings (SSSR count). The van der Waals surface area contributed by atoms with Gasteiger partial charge < -0.3 is 5.11 Å². The van der Waals surface area contributed by atoms with Gasteiger partial charge in [0.25, 0.3) is 0 Å². The molecule has 37 heavy (non-hydrogen) atoms. The molecule has 0 aromatic heterocycles. The third-order valence-electron chi connectivity index (χ3n) is 7.81. The van der Waals surface area contributed by atoms with Gasteiger partial charge in [-0.1, -0.05) is 180 Å². The van der Waals surface area contributed by atoms with E-state index in [9.17, 15) is 4.79 Å². The van der Waals surface area contributed by atoms with Gasteiger partial charge in [0, 0.05) is 6.42 Å². The van der Waals surface area contributed by atoms with Crippen LogP contribution in [-0.4, -0.2) is 18.5 Å². The van der Waals surface area contributed by atoms with Gasteiger partial charge in [0.15, 0.2) is 0 Å². The zero-order chi connectivity index (χ0) is 27.1. The summed E-state index contributed by atoms with van der Waals surface area (Å²) in [4.78, 5) is 10.5. The number of carboxylic acid groups (broad SMARTS) is 1. The molecular formula is C32H64Cl2O2Si. The lowest BCUT2D eigenvalue weighted by atomic mass is 10.0. The Kier molecular flexibility index (Phi) is 32.7. The van der Waals surface area contributed by atoms with E-state index < -0.39 is 13.4 Å². The summed E-state index contributed by atoms with van der Waals surface area (Å²) in [5.74, 6) is -0.651. The Morgan fingerprint density at radius 3 is 0.757 bits per heavy atom. The molecule has 0 aliphatic carbocycles. The van der Waals surface area contributed by atoms with E-state index in [0.29, 0.717) is 6.42 Å². The summed E-state index contributed by atoms with van der Waals surface area (Å²) < 4.78 is 0. The third-order valence-corrected chi connectivity index (χ3v) is 9.97. The van der Waals surface area contributed by atoms with Gasteiger partial charge in [-0.3, -0.25) is 4.79 Å². The Bertz CT molecular complexity index is 449. The highest BCUT2D eigenvalue weighted by molar-refractivity contribution is 7.33. The van der Waals surface area contributed by atoms with Crippen LogP contribution < -0.4 is 0 Å². The van der Waals surface area contributed by atoms with Crippen LogP contribution in [0, 0.1) is 0 Å². The van der Waals surface area contributed by atoms with Crippen LogP contribution >= 0.6 is 22.2 Å². The van der Waals surface area contributed by atoms with Crippen molar-refractivity contribution in [2.24, 2.45) is 0 Å². The summed E-state index contributed by atoms with van der Waals surface area (Å²) in [6.07, 6.45) is 40.2. The molecule has 2 nitrogen and oxygen atoms in total. The first-order valence-corrected chi connectivity index (χ1v) is 20.9. The average molecular weight is 580 g/mol. The first kappa shape index (κ1) is 37.3. The van der Waals surface area contributed by atoms with Gasteiger partial charge in [0.2, 0.25) is 7.42 Å². The molecule has 0 amide bonds. The quantitative estimate of drug-likeness (QED) is 0.0489. The van der Waals surface area contributed by atoms with Crippen LogP contribution in [0.1, 0.15) is 193 Å². The summed E-state index contributed by atoms with van der Waals surface area (Å²) in [7, 11) is -1.34. The van der Waals surface area contributed by atoms with Crippen molar-refractivity contribution >= 4 is 35.5 Å². The summed E-state index contributed by atoms with van der Waals surface area (Å²) in [6, 6.07) is 1.09. The molecular weight excluding hydrogens is 515 g/mol. The van der Waals surface area contributed by atoms with E-state index in [1.54, 1.807) is 0 Å². The molecule has 0 atom stereocenters. The van der Waals surface area contributed by atoms with Crippen LogP contribution in [0.5, 0.6) is 0 Å². The SMILES string of the molecule is O=C(O)CCCCCCCCCCCCCCCCCCCCCCCCCCCCCCC[SiH](Cl)Cl. The number of aliphatic carboxylic acids is 1. The maximum absolute atomic E-state index is 10.5. The Balaban J connectivity index is 3.03. The van der Waals surface area contributed by atoms with Crippen LogP contribution in [0.3, 0.4) is 0 Å². The third kappa shape index (κ3) is 36.3. The van der Waals surface area contributed by atoms with E-state index in [-0.39, 0.29) is 0 Å². The number of carboxylic acids is 1. The van der Waals surface area contributed by atoms with E-state index >= 15 is 0 Å². The maximum atomic E-state index is 10.5. The van der Waals surface area contributed by atoms with Crippen LogP contribution in [0.2, 0.25) is 6.04 Å². The van der Waals surface area contributed by atoms with Gasteiger partial charge in [-0.05, 0) is 12.5 Å². The maximum Gasteiger partial charge on any atom is 0.303 e. The van der Waals surface area contributed by atoms with Gasteiger partial charge >= 0.3 is 5.97 Å². The Labute approximate surface area is 243 Å². The molecule has 222 valence electrons. The molecule has 0 unspecified atom stereocenters. The zero-order valence-corrected chi connectivity index (χ0v) is 27.3. The number of carbonyl (C=O) groups is 1. The summed E-state index contributed by atoms with van der Waals surface area (Å²) in [6.45, 7) is 0. The Morgan fingerprint density at radius 2 is 0.568 bits per heavy atom. The van der Waals surface area contributed by atoms with Crippen molar-refractivity contribution in [3.8, 4) is 0 Å². The molecule has 0 saturated heterocycles. The number of halogens is 2. The fourth-order valence-electron chi connectivity index (χ4n) is 5.35. The molecule has 0 heterocycles. The standard InChI is InChI=1S/C32H64Cl2O2Si/c33-37(34)31-29-27-25-23-21-19-17-15-13-11-9-7-5-3-1-2-4-6-8-10-12-14-16-18-20-22-24-26-28-30-32(35)36/h37H,1-31H2,(H,35,36). The second-order valence-corrected chi connectivity index (χ2v) is 16.8. The van der Waals surface area contributed by atoms with Crippen molar-refractivity contribution in [2.75, 3.05) is 0 Å². The van der Waals surface area contributed by atoms with E-state index in [2.05, 4.69) is 0 Å². The van der Waals surface area contributed by atoms with Crippen molar-refractivity contribution in [1.29, 1.82) is 0 Å². The minimum Gasteiger partial charge on any atom is -0.481 e. The zero-order valence-electron chi connectivity index (χ0n) is 24.6. The molecule has 5 heteroatoms. The summed E-state index contributed by atoms with van der Waals surface area (Å²) in [5, 5.41) is 8.62. The average Bonchev–Trinajstić information content (AvgIpc) is 2.87. The number of rotatable bonds is 32. The van der Waals surface area contributed by atoms with Crippen LogP contribution in [-0.2, 0) is 4.79 Å². The van der Waals surface area contributed by atoms with E-state index in [1.807, 2.05) is 0 Å². The van der Waals surface area contributed by atoms with Gasteiger partial charge in [0.1, 0.15) is 0 Å². The number of hydrogen-bond acceptors (Lipinski definition) is 1. The Morgan fingerprint density at radius 1 is 0.378 bits per heavy atom. The molecule has 0 aliphatic heterocycles. The normalized spacial score (nSPS) is 11.5. The molecule has 0 fully saturated rings. The molecule has 0 bridgehead atoms. The van der Waals surface area contributed by atoms with Crippen LogP contribution in [0.25, 0.3) is 0 Å². The first-order chi connectivity index (χ1) is 18.1. The second-order valence-electron chi connectivity index (χ2n) is 11.6. The molecule has 0 aromatic carbocycles. The van der Waals surface area contributed by atoms with E-state index in [0.717, 1.165) is 18.9 Å². The monoisotopic (exact) mass is 578 g/mol. The van der Waals surface area contributed by atoms with E-state index in [4.69, 9.17) is 27.3 Å². The predicted molar refractivity (Wildman–Crippen MR) is 170 cm³/mol. The molecule has 0 radical (unpaired) electrons. The Hall–Kier alpha value is 0.267. The fraction of sp³-hybridized carbons (Fsp3) is 0.969. The van der Waals surface area contributed by atoms with Gasteiger partial charge in [-0.25, -0.2) is 0 Å². The van der Waals surface area contributed by atoms with Crippen molar-refractivity contribution in [2.45, 2.75) is 199 Å². The molecule has 0 aliphatic rings. The highest BCUT2D eigenvalue weighted by Crippen LogP contribution is 2.17. The minimum absolute atomic E-state index is 0.343. The summed E-state index contributed by atoms with van der Waals surface area (Å²) >= 11 is 11.8. The van der Waals surface area contributed by atoms with Crippen molar-refractivity contribution in [1.82, 2.24) is 0 Å². The number of hydrogen-bond donors (Lipinski definition) is 1. The highest BCUT2D eigenvalue weighted by atomic mass is 35.7. The lowest BCUT2D eigenvalue weighted by Crippen LogP contribution is -1.93. The summed E-state index contributed by atoms with van der Waals surface area (Å²) in [5.41, 5.74) is 0. The van der Waals surface area contributed by atoms with Crippen molar-refractivity contribution in [3.05, 3.63) is 0 Å². The second kappa shape index (κ2) is 32.5. The lowest BCUT2D eigenvalue weighted by molar-refractivity contribution is -0.137. The van der Waals surface area contributed by atoms with Crippen LogP contribution in [0.4, 0.5) is 0 Å². The molecule has 1 N–H and O–H groups in total. The van der Waals surface area contributed by atoms with Crippen LogP contribution in [0.15, 0.2) is 0 Å².